The number of hydrogen-bond acceptors (Lipinski definition) is 4. The van der Waals surface area contributed by atoms with Gasteiger partial charge in [0, 0.05) is 26.2 Å². The van der Waals surface area contributed by atoms with E-state index in [4.69, 9.17) is 5.73 Å². The van der Waals surface area contributed by atoms with Crippen molar-refractivity contribution >= 4 is 15.9 Å². The summed E-state index contributed by atoms with van der Waals surface area (Å²) in [6, 6.07) is 5.27. The van der Waals surface area contributed by atoms with Crippen LogP contribution in [0.5, 0.6) is 0 Å². The first-order valence-electron chi connectivity index (χ1n) is 7.19. The van der Waals surface area contributed by atoms with Gasteiger partial charge in [-0.1, -0.05) is 12.1 Å². The molecule has 1 amide bonds. The molecule has 6 nitrogen and oxygen atoms in total. The zero-order valence-corrected chi connectivity index (χ0v) is 13.0. The highest BCUT2D eigenvalue weighted by Gasteiger charge is 2.34. The van der Waals surface area contributed by atoms with E-state index in [1.54, 1.807) is 0 Å². The van der Waals surface area contributed by atoms with Gasteiger partial charge in [0.15, 0.2) is 0 Å². The fraction of sp³-hybridized carbons (Fsp3) is 0.500. The van der Waals surface area contributed by atoms with Gasteiger partial charge in [-0.3, -0.25) is 4.79 Å². The molecule has 3 N–H and O–H groups in total. The molecular formula is C14H20FN3O3S. The molecule has 1 unspecified atom stereocenters. The van der Waals surface area contributed by atoms with Crippen LogP contribution in [0.25, 0.3) is 0 Å². The van der Waals surface area contributed by atoms with Gasteiger partial charge in [-0.25, -0.2) is 12.8 Å². The van der Waals surface area contributed by atoms with Crippen molar-refractivity contribution in [2.75, 3.05) is 26.2 Å². The lowest BCUT2D eigenvalue weighted by Crippen LogP contribution is -2.46. The van der Waals surface area contributed by atoms with E-state index >= 15 is 0 Å². The Labute approximate surface area is 129 Å². The Morgan fingerprint density at radius 2 is 2.14 bits per heavy atom. The Morgan fingerprint density at radius 1 is 1.41 bits per heavy atom. The van der Waals surface area contributed by atoms with E-state index in [1.165, 1.54) is 22.5 Å². The fourth-order valence-corrected chi connectivity index (χ4v) is 4.10. The highest BCUT2D eigenvalue weighted by molar-refractivity contribution is 7.89. The zero-order valence-electron chi connectivity index (χ0n) is 12.2. The first-order valence-corrected chi connectivity index (χ1v) is 8.63. The summed E-state index contributed by atoms with van der Waals surface area (Å²) in [6.45, 7) is 1.04. The van der Waals surface area contributed by atoms with Crippen molar-refractivity contribution < 1.29 is 17.6 Å². The lowest BCUT2D eigenvalue weighted by molar-refractivity contribution is -0.126. The van der Waals surface area contributed by atoms with Gasteiger partial charge in [-0.05, 0) is 25.0 Å². The summed E-state index contributed by atoms with van der Waals surface area (Å²) in [7, 11) is -3.93. The highest BCUT2D eigenvalue weighted by atomic mass is 32.2. The van der Waals surface area contributed by atoms with Crippen molar-refractivity contribution in [3.63, 3.8) is 0 Å². The van der Waals surface area contributed by atoms with Crippen molar-refractivity contribution in [2.45, 2.75) is 17.7 Å². The normalized spacial score (nSPS) is 19.8. The molecule has 1 fully saturated rings. The van der Waals surface area contributed by atoms with Crippen molar-refractivity contribution in [1.82, 2.24) is 9.62 Å². The number of nitrogens with zero attached hydrogens (tertiary/aromatic N) is 1. The van der Waals surface area contributed by atoms with Crippen LogP contribution in [-0.2, 0) is 14.8 Å². The molecule has 0 saturated carbocycles. The van der Waals surface area contributed by atoms with E-state index in [9.17, 15) is 17.6 Å². The van der Waals surface area contributed by atoms with Gasteiger partial charge in [0.25, 0.3) is 0 Å². The topological polar surface area (TPSA) is 92.5 Å². The number of rotatable bonds is 5. The fourth-order valence-electron chi connectivity index (χ4n) is 2.51. The predicted octanol–water partition coefficient (Wildman–Crippen LogP) is 0.301. The van der Waals surface area contributed by atoms with Crippen LogP contribution in [0.2, 0.25) is 0 Å². The van der Waals surface area contributed by atoms with Gasteiger partial charge < -0.3 is 11.1 Å². The number of hydrogen-bond donors (Lipinski definition) is 2. The summed E-state index contributed by atoms with van der Waals surface area (Å²) < 4.78 is 40.0. The molecule has 1 aromatic rings. The van der Waals surface area contributed by atoms with Crippen LogP contribution in [-0.4, -0.2) is 44.8 Å². The van der Waals surface area contributed by atoms with E-state index in [0.29, 0.717) is 25.9 Å². The second kappa shape index (κ2) is 7.17. The zero-order chi connectivity index (χ0) is 16.2. The van der Waals surface area contributed by atoms with E-state index in [1.807, 2.05) is 0 Å². The minimum atomic E-state index is -3.93. The number of nitrogens with two attached hydrogens (primary N) is 1. The minimum absolute atomic E-state index is 0.0626. The van der Waals surface area contributed by atoms with Gasteiger partial charge in [-0.2, -0.15) is 4.31 Å². The monoisotopic (exact) mass is 329 g/mol. The summed E-state index contributed by atoms with van der Waals surface area (Å²) in [5.74, 6) is -1.42. The molecule has 0 radical (unpaired) electrons. The maximum absolute atomic E-state index is 13.8. The first kappa shape index (κ1) is 16.9. The lowest BCUT2D eigenvalue weighted by atomic mass is 9.99. The maximum Gasteiger partial charge on any atom is 0.246 e. The van der Waals surface area contributed by atoms with Crippen LogP contribution in [0, 0.1) is 11.7 Å². The molecule has 1 atom stereocenters. The van der Waals surface area contributed by atoms with E-state index < -0.39 is 21.8 Å². The standard InChI is InChI=1S/C14H20FN3O3S/c15-12-5-1-2-6-13(12)22(20,21)18-9-3-4-11(10-18)14(19)17-8-7-16/h1-2,5-6,11H,3-4,7-10,16H2,(H,17,19). The minimum Gasteiger partial charge on any atom is -0.355 e. The van der Waals surface area contributed by atoms with Crippen LogP contribution in [0.3, 0.4) is 0 Å². The van der Waals surface area contributed by atoms with Gasteiger partial charge >= 0.3 is 0 Å². The van der Waals surface area contributed by atoms with Crippen molar-refractivity contribution in [1.29, 1.82) is 0 Å². The average Bonchev–Trinajstić information content (AvgIpc) is 2.53. The number of nitrogens with one attached hydrogen (secondary N) is 1. The number of benzene rings is 1. The third-order valence-corrected chi connectivity index (χ3v) is 5.55. The van der Waals surface area contributed by atoms with Gasteiger partial charge in [0.05, 0.1) is 5.92 Å². The molecule has 0 aromatic heterocycles. The second-order valence-corrected chi connectivity index (χ2v) is 7.12. The second-order valence-electron chi connectivity index (χ2n) is 5.21. The number of carbonyl (C=O) groups is 1. The molecule has 0 spiro atoms. The van der Waals surface area contributed by atoms with Crippen molar-refractivity contribution in [2.24, 2.45) is 11.7 Å². The molecule has 22 heavy (non-hydrogen) atoms. The predicted molar refractivity (Wildman–Crippen MR) is 79.9 cm³/mol. The average molecular weight is 329 g/mol. The van der Waals surface area contributed by atoms with Crippen LogP contribution in [0.4, 0.5) is 4.39 Å². The molecule has 0 bridgehead atoms. The number of halogens is 1. The molecule has 8 heteroatoms. The van der Waals surface area contributed by atoms with E-state index in [0.717, 1.165) is 6.07 Å². The van der Waals surface area contributed by atoms with E-state index in [-0.39, 0.29) is 23.9 Å². The molecule has 2 rings (SSSR count). The van der Waals surface area contributed by atoms with Crippen LogP contribution < -0.4 is 11.1 Å². The Morgan fingerprint density at radius 3 is 2.82 bits per heavy atom. The smallest absolute Gasteiger partial charge is 0.246 e. The Balaban J connectivity index is 2.15. The summed E-state index contributed by atoms with van der Waals surface area (Å²) in [4.78, 5) is 11.6. The van der Waals surface area contributed by atoms with Gasteiger partial charge in [-0.15, -0.1) is 0 Å². The molecule has 1 aliphatic heterocycles. The Bertz CT molecular complexity index is 636. The summed E-state index contributed by atoms with van der Waals surface area (Å²) in [5.41, 5.74) is 5.33. The highest BCUT2D eigenvalue weighted by Crippen LogP contribution is 2.25. The van der Waals surface area contributed by atoms with Gasteiger partial charge in [0.2, 0.25) is 15.9 Å². The molecule has 1 saturated heterocycles. The molecule has 122 valence electrons. The maximum atomic E-state index is 13.8. The third-order valence-electron chi connectivity index (χ3n) is 3.65. The van der Waals surface area contributed by atoms with Crippen LogP contribution in [0.15, 0.2) is 29.2 Å². The number of sulfonamides is 1. The molecule has 0 aliphatic carbocycles. The SMILES string of the molecule is NCCNC(=O)C1CCCN(S(=O)(=O)c2ccccc2F)C1. The first-order chi connectivity index (χ1) is 10.5. The van der Waals surface area contributed by atoms with Crippen molar-refractivity contribution in [3.05, 3.63) is 30.1 Å². The number of amides is 1. The molecule has 1 aromatic carbocycles. The van der Waals surface area contributed by atoms with Gasteiger partial charge in [0.1, 0.15) is 10.7 Å². The summed E-state index contributed by atoms with van der Waals surface area (Å²) in [5, 5.41) is 2.67. The molecule has 1 heterocycles. The quantitative estimate of drug-likeness (QED) is 0.813. The lowest BCUT2D eigenvalue weighted by Gasteiger charge is -2.31. The molecular weight excluding hydrogens is 309 g/mol. The Hall–Kier alpha value is -1.51. The van der Waals surface area contributed by atoms with Crippen LogP contribution in [0.1, 0.15) is 12.8 Å². The number of piperidine rings is 1. The van der Waals surface area contributed by atoms with Crippen LogP contribution >= 0.6 is 0 Å². The van der Waals surface area contributed by atoms with E-state index in [2.05, 4.69) is 5.32 Å². The molecule has 1 aliphatic rings. The summed E-state index contributed by atoms with van der Waals surface area (Å²) in [6.07, 6.45) is 1.17. The van der Waals surface area contributed by atoms with Crippen molar-refractivity contribution in [3.8, 4) is 0 Å². The Kier molecular flexibility index (Phi) is 5.49. The largest absolute Gasteiger partial charge is 0.355 e. The third kappa shape index (κ3) is 3.63. The summed E-state index contributed by atoms with van der Waals surface area (Å²) >= 11 is 0. The number of carbonyl (C=O) groups excluding carboxylic acids is 1.